The van der Waals surface area contributed by atoms with Crippen LogP contribution in [0.4, 0.5) is 0 Å². The average molecular weight is 592 g/mol. The second-order valence-corrected chi connectivity index (χ2v) is 10.7. The summed E-state index contributed by atoms with van der Waals surface area (Å²) in [4.78, 5) is 16.0. The molecule has 6 nitrogen and oxygen atoms in total. The number of nitrogens with zero attached hydrogens (tertiary/aromatic N) is 2. The van der Waals surface area contributed by atoms with E-state index in [1.807, 2.05) is 60.7 Å². The van der Waals surface area contributed by atoms with Gasteiger partial charge in [-0.15, -0.1) is 0 Å². The van der Waals surface area contributed by atoms with E-state index in [1.165, 1.54) is 4.16 Å². The number of aromatic nitrogens is 4. The molecule has 175 valence electrons. The van der Waals surface area contributed by atoms with Crippen LogP contribution in [0.15, 0.2) is 65.1 Å². The van der Waals surface area contributed by atoms with Crippen molar-refractivity contribution < 1.29 is 27.8 Å². The second kappa shape index (κ2) is 10.6. The monoisotopic (exact) mass is 589 g/mol. The summed E-state index contributed by atoms with van der Waals surface area (Å²) in [5.74, 6) is 1.66. The predicted molar refractivity (Wildman–Crippen MR) is 146 cm³/mol. The number of halogens is 1. The van der Waals surface area contributed by atoms with Crippen LogP contribution in [0.3, 0.4) is 0 Å². The summed E-state index contributed by atoms with van der Waals surface area (Å²) in [5.41, 5.74) is 7.86. The van der Waals surface area contributed by atoms with Crippen LogP contribution in [0, 0.1) is 0 Å². The molecule has 4 aromatic rings. The van der Waals surface area contributed by atoms with Crippen LogP contribution in [0.5, 0.6) is 11.5 Å². The van der Waals surface area contributed by atoms with Crippen molar-refractivity contribution in [3.63, 3.8) is 0 Å². The molecule has 2 aliphatic heterocycles. The number of H-pyrrole nitrogens is 2. The van der Waals surface area contributed by atoms with Gasteiger partial charge in [0.2, 0.25) is 0 Å². The van der Waals surface area contributed by atoms with Gasteiger partial charge in [-0.3, -0.25) is 0 Å². The van der Waals surface area contributed by atoms with Crippen LogP contribution < -0.4 is 13.6 Å². The van der Waals surface area contributed by atoms with Crippen LogP contribution in [-0.2, 0) is 18.3 Å². The van der Waals surface area contributed by atoms with Gasteiger partial charge < -0.3 is 9.97 Å². The first-order chi connectivity index (χ1) is 17.5. The summed E-state index contributed by atoms with van der Waals surface area (Å²) in [6, 6.07) is 20.4. The Kier molecular flexibility index (Phi) is 7.16. The van der Waals surface area contributed by atoms with E-state index < -0.39 is 0 Å². The molecule has 0 unspecified atom stereocenters. The first-order valence-corrected chi connectivity index (χ1v) is 13.5. The number of rotatable bonds is 2. The average Bonchev–Trinajstić information content (AvgIpc) is 3.67. The van der Waals surface area contributed by atoms with E-state index in [2.05, 4.69) is 60.1 Å². The summed E-state index contributed by atoms with van der Waals surface area (Å²) in [6.45, 7) is 0. The Morgan fingerprint density at radius 2 is 0.944 bits per heavy atom. The molecule has 0 radical (unpaired) electrons. The van der Waals surface area contributed by atoms with E-state index in [0.29, 0.717) is 0 Å². The van der Waals surface area contributed by atoms with Crippen molar-refractivity contribution in [3.05, 3.63) is 87.9 Å². The van der Waals surface area contributed by atoms with Crippen molar-refractivity contribution in [2.45, 2.75) is 0 Å². The fourth-order valence-electron chi connectivity index (χ4n) is 3.87. The summed E-state index contributed by atoms with van der Waals surface area (Å²) in [6.07, 6.45) is 8.09. The van der Waals surface area contributed by atoms with E-state index >= 15 is 0 Å². The van der Waals surface area contributed by atoms with Crippen LogP contribution >= 0.6 is 15.9 Å². The number of hydrogen-bond acceptors (Lipinski definition) is 4. The van der Waals surface area contributed by atoms with Crippen LogP contribution in [0.1, 0.15) is 22.8 Å². The summed E-state index contributed by atoms with van der Waals surface area (Å²) < 4.78 is 12.4. The SMILES string of the molecule is C1=Cc2cc3ccc(cc4nc(cc5ccc(cc1n2)[nH]5)C=C4)[nH]3.COc1c[c]([Zn])cc(OC)c1Br. The molecule has 8 bridgehead atoms. The van der Waals surface area contributed by atoms with Gasteiger partial charge in [-0.1, -0.05) is 0 Å². The van der Waals surface area contributed by atoms with Crippen LogP contribution in [0.2, 0.25) is 0 Å². The van der Waals surface area contributed by atoms with Crippen molar-refractivity contribution in [2.24, 2.45) is 0 Å². The molecule has 0 saturated heterocycles. The number of methoxy groups -OCH3 is 2. The van der Waals surface area contributed by atoms with E-state index in [0.717, 1.165) is 79.1 Å². The van der Waals surface area contributed by atoms with Crippen LogP contribution in [0.25, 0.3) is 46.4 Å². The molecular formula is C28H22BrN4O2Zn. The van der Waals surface area contributed by atoms with Crippen molar-refractivity contribution in [2.75, 3.05) is 14.2 Å². The third-order valence-electron chi connectivity index (χ3n) is 5.55. The first-order valence-electron chi connectivity index (χ1n) is 11.3. The summed E-state index contributed by atoms with van der Waals surface area (Å²) in [7, 11) is 3.30. The molecule has 5 heterocycles. The van der Waals surface area contributed by atoms with Crippen molar-refractivity contribution >= 4 is 66.5 Å². The number of benzene rings is 1. The van der Waals surface area contributed by atoms with Gasteiger partial charge in [-0.2, -0.15) is 0 Å². The van der Waals surface area contributed by atoms with E-state index in [1.54, 1.807) is 14.2 Å². The maximum atomic E-state index is 5.16. The number of aromatic amines is 2. The topological polar surface area (TPSA) is 75.8 Å². The van der Waals surface area contributed by atoms with Gasteiger partial charge in [-0.25, -0.2) is 9.97 Å². The molecule has 1 aromatic carbocycles. The number of fused-ring (bicyclic) bond motifs is 8. The van der Waals surface area contributed by atoms with Gasteiger partial charge in [0.1, 0.15) is 0 Å². The zero-order chi connectivity index (χ0) is 25.1. The van der Waals surface area contributed by atoms with Crippen LogP contribution in [-0.4, -0.2) is 34.2 Å². The molecule has 2 N–H and O–H groups in total. The van der Waals surface area contributed by atoms with Crippen molar-refractivity contribution in [3.8, 4) is 11.5 Å². The number of nitrogens with one attached hydrogen (secondary N) is 2. The molecule has 0 amide bonds. The Morgan fingerprint density at radius 1 is 0.611 bits per heavy atom. The Hall–Kier alpha value is -3.48. The minimum absolute atomic E-state index is 0.829. The van der Waals surface area contributed by atoms with Gasteiger partial charge in [-0.05, 0) is 72.8 Å². The zero-order valence-corrected chi connectivity index (χ0v) is 24.4. The Labute approximate surface area is 226 Å². The third-order valence-corrected chi connectivity index (χ3v) is 7.19. The Balaban J connectivity index is 0.000000189. The van der Waals surface area contributed by atoms with Gasteiger partial charge >= 0.3 is 90.2 Å². The Morgan fingerprint density at radius 3 is 1.25 bits per heavy atom. The fraction of sp³-hybridized carbons (Fsp3) is 0.0714. The summed E-state index contributed by atoms with van der Waals surface area (Å²) >= 11 is 4.50. The molecule has 3 aromatic heterocycles. The molecule has 0 spiro atoms. The molecule has 0 saturated carbocycles. The predicted octanol–water partition coefficient (Wildman–Crippen LogP) is 6.29. The second-order valence-electron chi connectivity index (χ2n) is 8.22. The van der Waals surface area contributed by atoms with E-state index in [9.17, 15) is 0 Å². The normalized spacial score (nSPS) is 11.7. The quantitative estimate of drug-likeness (QED) is 0.232. The van der Waals surface area contributed by atoms with Gasteiger partial charge in [0, 0.05) is 22.1 Å². The van der Waals surface area contributed by atoms with E-state index in [-0.39, 0.29) is 0 Å². The fourth-order valence-corrected chi connectivity index (χ4v) is 5.20. The molecule has 0 atom stereocenters. The molecule has 2 aliphatic rings. The first kappa shape index (κ1) is 24.2. The molecule has 6 rings (SSSR count). The maximum absolute atomic E-state index is 5.16. The van der Waals surface area contributed by atoms with Gasteiger partial charge in [0.15, 0.2) is 0 Å². The van der Waals surface area contributed by atoms with E-state index in [4.69, 9.17) is 9.47 Å². The molecule has 0 fully saturated rings. The van der Waals surface area contributed by atoms with Crippen molar-refractivity contribution in [1.82, 2.24) is 19.9 Å². The van der Waals surface area contributed by atoms with Gasteiger partial charge in [0.05, 0.1) is 22.8 Å². The summed E-state index contributed by atoms with van der Waals surface area (Å²) in [5, 5.41) is 0. The zero-order valence-electron chi connectivity index (χ0n) is 19.9. The molecule has 8 heteroatoms. The standard InChI is InChI=1S/C20H14N4.C8H8BrO2.Zn/c1-2-14-10-16-5-6-18(23-16)12-20-8-7-19(24-20)11-17-4-3-15(22-17)9-13(1)21-14;1-10-6-4-3-5-7(11-2)8(6)9;/h1-12,21,24H;4-5H,1-2H3;. The Bertz CT molecular complexity index is 1450. The number of hydrogen-bond donors (Lipinski definition) is 2. The minimum atomic E-state index is 0.829. The third kappa shape index (κ3) is 5.67. The van der Waals surface area contributed by atoms with Gasteiger partial charge in [0.25, 0.3) is 0 Å². The number of ether oxygens (including phenoxy) is 2. The molecule has 36 heavy (non-hydrogen) atoms. The molecule has 0 aliphatic carbocycles. The van der Waals surface area contributed by atoms with Crippen molar-refractivity contribution in [1.29, 1.82) is 0 Å². The molecular weight excluding hydrogens is 570 g/mol.